The maximum absolute atomic E-state index is 14.6. The third kappa shape index (κ3) is 4.69. The lowest BCUT2D eigenvalue weighted by Crippen LogP contribution is -2.43. The molecule has 0 unspecified atom stereocenters. The van der Waals surface area contributed by atoms with Gasteiger partial charge in [-0.3, -0.25) is 19.2 Å². The van der Waals surface area contributed by atoms with E-state index >= 15 is 0 Å². The second-order valence-electron chi connectivity index (χ2n) is 13.5. The number of ether oxygens (including phenoxy) is 1. The molecule has 248 valence electrons. The van der Waals surface area contributed by atoms with Crippen LogP contribution in [0.1, 0.15) is 58.6 Å². The van der Waals surface area contributed by atoms with E-state index in [9.17, 15) is 14.7 Å². The van der Waals surface area contributed by atoms with Gasteiger partial charge in [0.25, 0.3) is 11.8 Å². The molecular weight excluding hydrogens is 626 g/mol. The van der Waals surface area contributed by atoms with Gasteiger partial charge >= 0.3 is 0 Å². The fraction of sp³-hybridized carbons (Fsp3) is 0.220. The Hall–Kier alpha value is -5.64. The Morgan fingerprint density at radius 2 is 1.66 bits per heavy atom. The van der Waals surface area contributed by atoms with Crippen molar-refractivity contribution in [3.05, 3.63) is 149 Å². The Morgan fingerprint density at radius 3 is 2.52 bits per heavy atom. The lowest BCUT2D eigenvalue weighted by molar-refractivity contribution is -0.146. The van der Waals surface area contributed by atoms with Crippen molar-refractivity contribution < 1.29 is 19.4 Å². The molecule has 1 aromatic heterocycles. The smallest absolute Gasteiger partial charge is 0.264 e. The minimum Gasteiger partial charge on any atom is -0.382 e. The standard InChI is InChI=1S/C41H35N5O4/c1-26-22-31(20-21-44-25-34(42-43-44)38(47)29-11-3-2-4-12-29)50-41(26)33-17-5-6-18-35(33)45(40(41)49)24-27-10-7-15-30(23-27)46-36-19-9-14-28-13-8-16-32(37(28)36)39(46)48/h2-19,23,25-26,31,38,47H,20-22,24H2,1H3/t26-,31+,38+,41+/m0/s1. The molecule has 1 saturated heterocycles. The van der Waals surface area contributed by atoms with E-state index < -0.39 is 11.7 Å². The van der Waals surface area contributed by atoms with Crippen LogP contribution in [0.2, 0.25) is 0 Å². The molecule has 0 saturated carbocycles. The summed E-state index contributed by atoms with van der Waals surface area (Å²) in [5.41, 5.74) is 5.16. The van der Waals surface area contributed by atoms with Gasteiger partial charge in [-0.05, 0) is 59.7 Å². The van der Waals surface area contributed by atoms with Crippen LogP contribution in [0.3, 0.4) is 0 Å². The molecule has 5 aromatic carbocycles. The number of rotatable bonds is 8. The van der Waals surface area contributed by atoms with Crippen molar-refractivity contribution in [1.29, 1.82) is 0 Å². The van der Waals surface area contributed by atoms with Crippen LogP contribution in [0.25, 0.3) is 10.8 Å². The van der Waals surface area contributed by atoms with Gasteiger partial charge in [0, 0.05) is 29.1 Å². The number of aromatic nitrogens is 3. The van der Waals surface area contributed by atoms with Crippen molar-refractivity contribution in [2.75, 3.05) is 9.80 Å². The monoisotopic (exact) mass is 661 g/mol. The second kappa shape index (κ2) is 11.8. The SMILES string of the molecule is C[C@H]1C[C@@H](CCn2cc([C@H](O)c3ccccc3)nn2)O[C@]12C(=O)N(Cc1cccc(N3C(=O)c4cccc5cccc3c45)c1)c1ccccc12. The Balaban J connectivity index is 0.944. The Morgan fingerprint density at radius 1 is 0.900 bits per heavy atom. The molecule has 0 bridgehead atoms. The van der Waals surface area contributed by atoms with Crippen LogP contribution in [-0.2, 0) is 28.2 Å². The summed E-state index contributed by atoms with van der Waals surface area (Å²) in [5, 5.41) is 21.2. The Kier molecular flexibility index (Phi) is 7.15. The summed E-state index contributed by atoms with van der Waals surface area (Å²) >= 11 is 0. The first-order chi connectivity index (χ1) is 24.4. The highest BCUT2D eigenvalue weighted by Crippen LogP contribution is 2.54. The van der Waals surface area contributed by atoms with Crippen LogP contribution in [0.5, 0.6) is 0 Å². The quantitative estimate of drug-likeness (QED) is 0.188. The molecule has 0 aliphatic carbocycles. The number of benzene rings is 5. The van der Waals surface area contributed by atoms with E-state index in [1.807, 2.05) is 120 Å². The molecule has 3 aliphatic rings. The second-order valence-corrected chi connectivity index (χ2v) is 13.5. The molecule has 9 rings (SSSR count). The van der Waals surface area contributed by atoms with Gasteiger partial charge in [-0.25, -0.2) is 0 Å². The summed E-state index contributed by atoms with van der Waals surface area (Å²) < 4.78 is 8.54. The van der Waals surface area contributed by atoms with Gasteiger partial charge in [0.05, 0.1) is 35.8 Å². The topological polar surface area (TPSA) is 101 Å². The third-order valence-electron chi connectivity index (χ3n) is 10.5. The van der Waals surface area contributed by atoms with Crippen molar-refractivity contribution in [3.8, 4) is 0 Å². The largest absolute Gasteiger partial charge is 0.382 e. The van der Waals surface area contributed by atoms with Crippen molar-refractivity contribution in [3.63, 3.8) is 0 Å². The molecule has 6 aromatic rings. The highest BCUT2D eigenvalue weighted by atomic mass is 16.5. The van der Waals surface area contributed by atoms with Crippen LogP contribution in [0, 0.1) is 5.92 Å². The number of carbonyl (C=O) groups is 2. The number of aliphatic hydroxyl groups excluding tert-OH is 1. The molecule has 50 heavy (non-hydrogen) atoms. The van der Waals surface area contributed by atoms with Gasteiger partial charge in [-0.1, -0.05) is 97.1 Å². The first kappa shape index (κ1) is 30.4. The van der Waals surface area contributed by atoms with Crippen LogP contribution < -0.4 is 9.80 Å². The number of nitrogens with zero attached hydrogens (tertiary/aromatic N) is 5. The summed E-state index contributed by atoms with van der Waals surface area (Å²) in [7, 11) is 0. The number of aryl methyl sites for hydroxylation is 1. The minimum absolute atomic E-state index is 0.0510. The first-order valence-corrected chi connectivity index (χ1v) is 17.1. The van der Waals surface area contributed by atoms with Crippen molar-refractivity contribution in [1.82, 2.24) is 15.0 Å². The molecule has 3 aliphatic heterocycles. The van der Waals surface area contributed by atoms with Crippen molar-refractivity contribution >= 4 is 39.6 Å². The summed E-state index contributed by atoms with van der Waals surface area (Å²) in [4.78, 5) is 31.8. The van der Waals surface area contributed by atoms with E-state index in [1.165, 1.54) is 0 Å². The van der Waals surface area contributed by atoms with Crippen LogP contribution in [-0.4, -0.2) is 38.0 Å². The number of anilines is 3. The Bertz CT molecular complexity index is 2280. The summed E-state index contributed by atoms with van der Waals surface area (Å²) in [6, 6.07) is 37.0. The number of carbonyl (C=O) groups excluding carboxylic acids is 2. The van der Waals surface area contributed by atoms with E-state index in [1.54, 1.807) is 15.8 Å². The molecular formula is C41H35N5O4. The molecule has 0 radical (unpaired) electrons. The van der Waals surface area contributed by atoms with E-state index in [4.69, 9.17) is 4.74 Å². The van der Waals surface area contributed by atoms with E-state index in [0.29, 0.717) is 30.8 Å². The molecule has 1 fully saturated rings. The van der Waals surface area contributed by atoms with Gasteiger partial charge < -0.3 is 14.7 Å². The zero-order chi connectivity index (χ0) is 34.0. The molecule has 1 spiro atoms. The van der Waals surface area contributed by atoms with E-state index in [-0.39, 0.29) is 23.8 Å². The molecule has 2 amide bonds. The predicted octanol–water partition coefficient (Wildman–Crippen LogP) is 7.06. The number of aliphatic hydroxyl groups is 1. The van der Waals surface area contributed by atoms with Crippen LogP contribution in [0.4, 0.5) is 17.1 Å². The fourth-order valence-corrected chi connectivity index (χ4v) is 8.14. The molecule has 9 nitrogen and oxygen atoms in total. The molecule has 4 atom stereocenters. The number of fused-ring (bicyclic) bond motifs is 2. The normalized spacial score (nSPS) is 21.5. The maximum Gasteiger partial charge on any atom is 0.264 e. The maximum atomic E-state index is 14.6. The summed E-state index contributed by atoms with van der Waals surface area (Å²) in [6.07, 6.45) is 2.12. The summed E-state index contributed by atoms with van der Waals surface area (Å²) in [6.45, 7) is 2.98. The average molecular weight is 662 g/mol. The zero-order valence-corrected chi connectivity index (χ0v) is 27.5. The lowest BCUT2D eigenvalue weighted by Gasteiger charge is -2.28. The minimum atomic E-state index is -1.09. The van der Waals surface area contributed by atoms with Crippen molar-refractivity contribution in [2.45, 2.75) is 50.7 Å². The molecule has 4 heterocycles. The van der Waals surface area contributed by atoms with Gasteiger partial charge in [0.2, 0.25) is 0 Å². The van der Waals surface area contributed by atoms with Crippen LogP contribution in [0.15, 0.2) is 121 Å². The average Bonchev–Trinajstić information content (AvgIpc) is 3.89. The van der Waals surface area contributed by atoms with Gasteiger partial charge in [-0.15, -0.1) is 5.10 Å². The first-order valence-electron chi connectivity index (χ1n) is 17.1. The number of para-hydroxylation sites is 1. The molecule has 9 heteroatoms. The van der Waals surface area contributed by atoms with Gasteiger partial charge in [0.1, 0.15) is 11.8 Å². The number of hydrogen-bond acceptors (Lipinski definition) is 6. The summed E-state index contributed by atoms with van der Waals surface area (Å²) in [5.74, 6) is -0.170. The van der Waals surface area contributed by atoms with Gasteiger partial charge in [-0.2, -0.15) is 0 Å². The third-order valence-corrected chi connectivity index (χ3v) is 10.5. The lowest BCUT2D eigenvalue weighted by atomic mass is 9.83. The Labute approximate surface area is 289 Å². The zero-order valence-electron chi connectivity index (χ0n) is 27.5. The predicted molar refractivity (Wildman–Crippen MR) is 190 cm³/mol. The molecule has 1 N–H and O–H groups in total. The van der Waals surface area contributed by atoms with Crippen molar-refractivity contribution in [2.24, 2.45) is 5.92 Å². The van der Waals surface area contributed by atoms with Crippen LogP contribution >= 0.6 is 0 Å². The fourth-order valence-electron chi connectivity index (χ4n) is 8.14. The van der Waals surface area contributed by atoms with E-state index in [2.05, 4.69) is 17.2 Å². The highest BCUT2D eigenvalue weighted by molar-refractivity contribution is 6.27. The van der Waals surface area contributed by atoms with Gasteiger partial charge in [0.15, 0.2) is 5.60 Å². The number of amides is 2. The number of hydrogen-bond donors (Lipinski definition) is 1. The van der Waals surface area contributed by atoms with E-state index in [0.717, 1.165) is 50.9 Å². The highest BCUT2D eigenvalue weighted by Gasteiger charge is 2.59.